The predicted octanol–water partition coefficient (Wildman–Crippen LogP) is 2.19. The minimum absolute atomic E-state index is 0.0488. The van der Waals surface area contributed by atoms with Gasteiger partial charge in [0.05, 0.1) is 12.8 Å². The Morgan fingerprint density at radius 1 is 1.48 bits per heavy atom. The van der Waals surface area contributed by atoms with Crippen LogP contribution in [0.3, 0.4) is 0 Å². The number of nitrogens with one attached hydrogen (secondary N) is 2. The van der Waals surface area contributed by atoms with E-state index in [2.05, 4.69) is 21.4 Å². The fourth-order valence-corrected chi connectivity index (χ4v) is 3.15. The van der Waals surface area contributed by atoms with Crippen LogP contribution in [0, 0.1) is 12.8 Å². The zero-order chi connectivity index (χ0) is 16.2. The molecule has 1 aromatic heterocycles. The number of hydrogen-bond donors (Lipinski definition) is 2. The third kappa shape index (κ3) is 3.73. The van der Waals surface area contributed by atoms with Crippen molar-refractivity contribution in [2.24, 2.45) is 5.92 Å². The molecule has 0 saturated heterocycles. The monoisotopic (exact) mass is 313 g/mol. The zero-order valence-electron chi connectivity index (χ0n) is 13.7. The Balaban J connectivity index is 1.50. The number of nitrogens with zero attached hydrogens (tertiary/aromatic N) is 1. The van der Waals surface area contributed by atoms with Gasteiger partial charge in [-0.2, -0.15) is 0 Å². The maximum Gasteiger partial charge on any atom is 0.223 e. The fourth-order valence-electron chi connectivity index (χ4n) is 3.15. The molecule has 0 fully saturated rings. The van der Waals surface area contributed by atoms with E-state index in [9.17, 15) is 4.79 Å². The summed E-state index contributed by atoms with van der Waals surface area (Å²) in [6.45, 7) is 2.61. The van der Waals surface area contributed by atoms with Gasteiger partial charge in [0.1, 0.15) is 11.6 Å². The lowest BCUT2D eigenvalue weighted by atomic mass is 9.89. The molecule has 122 valence electrons. The largest absolute Gasteiger partial charge is 0.497 e. The van der Waals surface area contributed by atoms with Gasteiger partial charge in [-0.15, -0.1) is 0 Å². The molecule has 0 radical (unpaired) electrons. The molecule has 1 amide bonds. The first-order chi connectivity index (χ1) is 11.2. The zero-order valence-corrected chi connectivity index (χ0v) is 13.7. The Kier molecular flexibility index (Phi) is 4.65. The van der Waals surface area contributed by atoms with Crippen molar-refractivity contribution in [1.82, 2.24) is 15.3 Å². The standard InChI is InChI=1S/C18H23N3O2/c1-12-20-16-7-6-14(11-17(16)21-12)18(22)19-9-8-13-4-3-5-15(10-13)23-2/h3-5,10,14H,6-9,11H2,1-2H3,(H,19,22)(H,20,21). The molecular weight excluding hydrogens is 290 g/mol. The van der Waals surface area contributed by atoms with E-state index < -0.39 is 0 Å². The van der Waals surface area contributed by atoms with Gasteiger partial charge in [0.25, 0.3) is 0 Å². The first-order valence-corrected chi connectivity index (χ1v) is 8.10. The number of ether oxygens (including phenoxy) is 1. The molecule has 0 aliphatic heterocycles. The number of benzene rings is 1. The molecule has 0 bridgehead atoms. The fraction of sp³-hybridized carbons (Fsp3) is 0.444. The third-order valence-corrected chi connectivity index (χ3v) is 4.38. The smallest absolute Gasteiger partial charge is 0.223 e. The minimum atomic E-state index is 0.0488. The number of methoxy groups -OCH3 is 1. The van der Waals surface area contributed by atoms with E-state index in [1.54, 1.807) is 7.11 Å². The number of hydrogen-bond acceptors (Lipinski definition) is 3. The van der Waals surface area contributed by atoms with Crippen molar-refractivity contribution in [3.8, 4) is 5.75 Å². The number of fused-ring (bicyclic) bond motifs is 1. The number of imidazole rings is 1. The van der Waals surface area contributed by atoms with Crippen LogP contribution in [0.4, 0.5) is 0 Å². The summed E-state index contributed by atoms with van der Waals surface area (Å²) in [5.41, 5.74) is 3.42. The van der Waals surface area contributed by atoms with Gasteiger partial charge >= 0.3 is 0 Å². The normalized spacial score (nSPS) is 16.7. The lowest BCUT2D eigenvalue weighted by molar-refractivity contribution is -0.125. The molecule has 2 aromatic rings. The summed E-state index contributed by atoms with van der Waals surface area (Å²) in [6, 6.07) is 7.95. The van der Waals surface area contributed by atoms with E-state index in [1.165, 1.54) is 5.56 Å². The maximum atomic E-state index is 12.4. The minimum Gasteiger partial charge on any atom is -0.497 e. The van der Waals surface area contributed by atoms with Crippen LogP contribution in [0.25, 0.3) is 0 Å². The molecule has 1 aromatic carbocycles. The number of amides is 1. The van der Waals surface area contributed by atoms with Crippen LogP contribution in [0.5, 0.6) is 5.75 Å². The number of aryl methyl sites for hydroxylation is 2. The average Bonchev–Trinajstić information content (AvgIpc) is 2.94. The second kappa shape index (κ2) is 6.86. The van der Waals surface area contributed by atoms with Crippen LogP contribution in [0.2, 0.25) is 0 Å². The Morgan fingerprint density at radius 2 is 2.35 bits per heavy atom. The highest BCUT2D eigenvalue weighted by Crippen LogP contribution is 2.24. The van der Waals surface area contributed by atoms with Crippen molar-refractivity contribution in [3.05, 3.63) is 47.0 Å². The van der Waals surface area contributed by atoms with E-state index in [0.29, 0.717) is 6.54 Å². The van der Waals surface area contributed by atoms with Crippen LogP contribution >= 0.6 is 0 Å². The summed E-state index contributed by atoms with van der Waals surface area (Å²) in [5, 5.41) is 3.06. The van der Waals surface area contributed by atoms with Gasteiger partial charge < -0.3 is 15.0 Å². The summed E-state index contributed by atoms with van der Waals surface area (Å²) in [5.74, 6) is 1.98. The van der Waals surface area contributed by atoms with Crippen LogP contribution in [0.1, 0.15) is 29.2 Å². The van der Waals surface area contributed by atoms with Crippen molar-refractivity contribution in [3.63, 3.8) is 0 Å². The summed E-state index contributed by atoms with van der Waals surface area (Å²) in [7, 11) is 1.66. The summed E-state index contributed by atoms with van der Waals surface area (Å²) < 4.78 is 5.22. The van der Waals surface area contributed by atoms with E-state index in [-0.39, 0.29) is 11.8 Å². The second-order valence-corrected chi connectivity index (χ2v) is 6.08. The van der Waals surface area contributed by atoms with Gasteiger partial charge in [0, 0.05) is 24.6 Å². The molecule has 1 atom stereocenters. The molecule has 0 spiro atoms. The molecule has 1 aliphatic carbocycles. The molecular formula is C18H23N3O2. The van der Waals surface area contributed by atoms with Crippen molar-refractivity contribution in [1.29, 1.82) is 0 Å². The predicted molar refractivity (Wildman–Crippen MR) is 88.5 cm³/mol. The molecule has 3 rings (SSSR count). The average molecular weight is 313 g/mol. The summed E-state index contributed by atoms with van der Waals surface area (Å²) >= 11 is 0. The van der Waals surface area contributed by atoms with Gasteiger partial charge in [-0.1, -0.05) is 12.1 Å². The lowest BCUT2D eigenvalue weighted by Gasteiger charge is -2.20. The molecule has 0 saturated carbocycles. The Labute approximate surface area is 136 Å². The van der Waals surface area contributed by atoms with Crippen molar-refractivity contribution >= 4 is 5.91 Å². The van der Waals surface area contributed by atoms with Gasteiger partial charge in [-0.3, -0.25) is 4.79 Å². The van der Waals surface area contributed by atoms with E-state index in [0.717, 1.165) is 48.6 Å². The second-order valence-electron chi connectivity index (χ2n) is 6.08. The number of aromatic amines is 1. The number of H-pyrrole nitrogens is 1. The first kappa shape index (κ1) is 15.6. The van der Waals surface area contributed by atoms with Crippen LogP contribution in [0.15, 0.2) is 24.3 Å². The number of carbonyl (C=O) groups excluding carboxylic acids is 1. The number of rotatable bonds is 5. The molecule has 23 heavy (non-hydrogen) atoms. The number of aromatic nitrogens is 2. The lowest BCUT2D eigenvalue weighted by Crippen LogP contribution is -2.35. The Bertz CT molecular complexity index is 693. The SMILES string of the molecule is COc1cccc(CCNC(=O)C2CCc3nc(C)[nH]c3C2)c1. The molecule has 5 nitrogen and oxygen atoms in total. The Morgan fingerprint density at radius 3 is 3.17 bits per heavy atom. The van der Waals surface area contributed by atoms with E-state index >= 15 is 0 Å². The third-order valence-electron chi connectivity index (χ3n) is 4.38. The van der Waals surface area contributed by atoms with Gasteiger partial charge in [0.15, 0.2) is 0 Å². The summed E-state index contributed by atoms with van der Waals surface area (Å²) in [6.07, 6.45) is 3.33. The van der Waals surface area contributed by atoms with Crippen molar-refractivity contribution in [2.75, 3.05) is 13.7 Å². The van der Waals surface area contributed by atoms with E-state index in [1.807, 2.05) is 25.1 Å². The van der Waals surface area contributed by atoms with Crippen LogP contribution in [-0.4, -0.2) is 29.5 Å². The molecule has 2 N–H and O–H groups in total. The first-order valence-electron chi connectivity index (χ1n) is 8.10. The molecule has 1 heterocycles. The van der Waals surface area contributed by atoms with Crippen molar-refractivity contribution in [2.45, 2.75) is 32.6 Å². The topological polar surface area (TPSA) is 67.0 Å². The highest BCUT2D eigenvalue weighted by Gasteiger charge is 2.26. The maximum absolute atomic E-state index is 12.4. The molecule has 1 aliphatic rings. The summed E-state index contributed by atoms with van der Waals surface area (Å²) in [4.78, 5) is 20.1. The highest BCUT2D eigenvalue weighted by molar-refractivity contribution is 5.79. The van der Waals surface area contributed by atoms with Gasteiger partial charge in [-0.05, 0) is 43.9 Å². The van der Waals surface area contributed by atoms with E-state index in [4.69, 9.17) is 4.74 Å². The highest BCUT2D eigenvalue weighted by atomic mass is 16.5. The molecule has 5 heteroatoms. The quantitative estimate of drug-likeness (QED) is 0.889. The molecule has 1 unspecified atom stereocenters. The number of carbonyl (C=O) groups is 1. The van der Waals surface area contributed by atoms with Crippen LogP contribution < -0.4 is 10.1 Å². The Hall–Kier alpha value is -2.30. The van der Waals surface area contributed by atoms with Crippen molar-refractivity contribution < 1.29 is 9.53 Å². The van der Waals surface area contributed by atoms with Gasteiger partial charge in [-0.25, -0.2) is 4.98 Å². The van der Waals surface area contributed by atoms with Crippen LogP contribution in [-0.2, 0) is 24.1 Å². The van der Waals surface area contributed by atoms with Gasteiger partial charge in [0.2, 0.25) is 5.91 Å².